The zero-order chi connectivity index (χ0) is 9.99. The first-order valence-electron chi connectivity index (χ1n) is 3.55. The highest BCUT2D eigenvalue weighted by Crippen LogP contribution is 2.14. The van der Waals surface area contributed by atoms with E-state index in [1.165, 1.54) is 11.4 Å². The number of nitrogens with zero attached hydrogens (tertiary/aromatic N) is 2. The summed E-state index contributed by atoms with van der Waals surface area (Å²) in [4.78, 5) is 0. The Hall–Kier alpha value is -0.600. The third kappa shape index (κ3) is 2.80. The molecule has 5 heteroatoms. The van der Waals surface area contributed by atoms with E-state index in [0.29, 0.717) is 0 Å². The third-order valence-corrected chi connectivity index (χ3v) is 3.49. The van der Waals surface area contributed by atoms with E-state index >= 15 is 0 Å². The van der Waals surface area contributed by atoms with Gasteiger partial charge in [-0.15, -0.1) is 0 Å². The van der Waals surface area contributed by atoms with Crippen LogP contribution in [0.3, 0.4) is 0 Å². The highest BCUT2D eigenvalue weighted by molar-refractivity contribution is 7.89. The van der Waals surface area contributed by atoms with Gasteiger partial charge in [-0.25, -0.2) is 8.42 Å². The minimum atomic E-state index is -3.40. The van der Waals surface area contributed by atoms with Gasteiger partial charge in [-0.1, -0.05) is 0 Å². The largest absolute Gasteiger partial charge is 0.227 e. The molecule has 0 aliphatic heterocycles. The van der Waals surface area contributed by atoms with Crippen LogP contribution in [0.5, 0.6) is 0 Å². The van der Waals surface area contributed by atoms with Gasteiger partial charge in [0.1, 0.15) is 0 Å². The molecule has 0 radical (unpaired) electrons. The van der Waals surface area contributed by atoms with E-state index in [2.05, 4.69) is 0 Å². The van der Waals surface area contributed by atoms with E-state index in [-0.39, 0.29) is 0 Å². The predicted molar refractivity (Wildman–Crippen MR) is 46.9 cm³/mol. The number of sulfonamides is 1. The fraction of sp³-hybridized carbons (Fsp3) is 0.857. The molecule has 0 saturated carbocycles. The van der Waals surface area contributed by atoms with E-state index in [4.69, 9.17) is 5.26 Å². The standard InChI is InChI=1S/C7H14N2O2S/c1-7(2,3)9(4)12(10,11)6-5-8/h6H2,1-4H3. The zero-order valence-corrected chi connectivity index (χ0v) is 8.64. The average molecular weight is 190 g/mol. The van der Waals surface area contributed by atoms with E-state index in [1.54, 1.807) is 26.8 Å². The summed E-state index contributed by atoms with van der Waals surface area (Å²) in [5, 5.41) is 8.26. The van der Waals surface area contributed by atoms with Crippen LogP contribution in [0.25, 0.3) is 0 Å². The third-order valence-electron chi connectivity index (χ3n) is 1.61. The molecular weight excluding hydrogens is 176 g/mol. The lowest BCUT2D eigenvalue weighted by atomic mass is 10.1. The summed E-state index contributed by atoms with van der Waals surface area (Å²) in [6, 6.07) is 1.63. The molecule has 0 amide bonds. The Kier molecular flexibility index (Phi) is 3.25. The van der Waals surface area contributed by atoms with E-state index in [0.717, 1.165) is 0 Å². The molecule has 0 aliphatic carbocycles. The smallest absolute Gasteiger partial charge is 0.211 e. The Morgan fingerprint density at radius 1 is 1.42 bits per heavy atom. The molecule has 0 aliphatic rings. The minimum absolute atomic E-state index is 0.458. The highest BCUT2D eigenvalue weighted by atomic mass is 32.2. The number of hydrogen-bond acceptors (Lipinski definition) is 3. The Balaban J connectivity index is 4.74. The van der Waals surface area contributed by atoms with Gasteiger partial charge >= 0.3 is 0 Å². The molecule has 0 spiro atoms. The summed E-state index contributed by atoms with van der Waals surface area (Å²) in [5.41, 5.74) is -0.463. The van der Waals surface area contributed by atoms with Crippen molar-refractivity contribution in [3.8, 4) is 6.07 Å². The maximum Gasteiger partial charge on any atom is 0.227 e. The summed E-state index contributed by atoms with van der Waals surface area (Å²) in [5.74, 6) is -0.458. The van der Waals surface area contributed by atoms with Gasteiger partial charge in [-0.05, 0) is 20.8 Å². The minimum Gasteiger partial charge on any atom is -0.211 e. The zero-order valence-electron chi connectivity index (χ0n) is 7.83. The molecule has 0 aromatic carbocycles. The predicted octanol–water partition coefficient (Wildman–Crippen LogP) is 0.570. The molecule has 0 aromatic heterocycles. The van der Waals surface area contributed by atoms with E-state index in [9.17, 15) is 8.42 Å². The summed E-state index contributed by atoms with van der Waals surface area (Å²) in [6.45, 7) is 5.34. The van der Waals surface area contributed by atoms with Crippen molar-refractivity contribution in [3.63, 3.8) is 0 Å². The van der Waals surface area contributed by atoms with Crippen LogP contribution in [0.15, 0.2) is 0 Å². The van der Waals surface area contributed by atoms with Gasteiger partial charge in [0.2, 0.25) is 10.0 Å². The van der Waals surface area contributed by atoms with Crippen molar-refractivity contribution in [2.75, 3.05) is 12.8 Å². The lowest BCUT2D eigenvalue weighted by Crippen LogP contribution is -2.43. The van der Waals surface area contributed by atoms with Crippen LogP contribution >= 0.6 is 0 Å². The van der Waals surface area contributed by atoms with Gasteiger partial charge in [0.15, 0.2) is 5.75 Å². The van der Waals surface area contributed by atoms with Gasteiger partial charge in [0, 0.05) is 12.6 Å². The second kappa shape index (κ2) is 3.42. The van der Waals surface area contributed by atoms with Gasteiger partial charge < -0.3 is 0 Å². The van der Waals surface area contributed by atoms with Crippen molar-refractivity contribution >= 4 is 10.0 Å². The molecule has 0 bridgehead atoms. The molecule has 0 aromatic rings. The second-order valence-corrected chi connectivity index (χ2v) is 5.55. The van der Waals surface area contributed by atoms with Crippen LogP contribution < -0.4 is 0 Å². The lowest BCUT2D eigenvalue weighted by molar-refractivity contribution is 0.293. The Bertz CT molecular complexity index is 282. The quantitative estimate of drug-likeness (QED) is 0.639. The molecule has 0 N–H and O–H groups in total. The maximum absolute atomic E-state index is 11.3. The molecule has 0 rings (SSSR count). The van der Waals surface area contributed by atoms with E-state index in [1.807, 2.05) is 0 Å². The first kappa shape index (κ1) is 11.4. The van der Waals surface area contributed by atoms with Crippen LogP contribution in [-0.2, 0) is 10.0 Å². The number of rotatable bonds is 2. The average Bonchev–Trinajstić information content (AvgIpc) is 1.84. The molecule has 12 heavy (non-hydrogen) atoms. The SMILES string of the molecule is CN(C(C)(C)C)S(=O)(=O)CC#N. The molecule has 0 unspecified atom stereocenters. The number of nitriles is 1. The van der Waals surface area contributed by atoms with Crippen molar-refractivity contribution in [1.82, 2.24) is 4.31 Å². The van der Waals surface area contributed by atoms with Crippen LogP contribution in [-0.4, -0.2) is 31.1 Å². The Labute approximate surface area is 73.8 Å². The fourth-order valence-electron chi connectivity index (χ4n) is 0.596. The molecular formula is C7H14N2O2S. The molecule has 70 valence electrons. The van der Waals surface area contributed by atoms with Crippen molar-refractivity contribution in [3.05, 3.63) is 0 Å². The first-order chi connectivity index (χ1) is 5.22. The fourth-order valence-corrected chi connectivity index (χ4v) is 1.79. The summed E-state index contributed by atoms with van der Waals surface area (Å²) >= 11 is 0. The molecule has 0 saturated heterocycles. The van der Waals surface area contributed by atoms with Gasteiger partial charge in [-0.2, -0.15) is 9.57 Å². The molecule has 0 atom stereocenters. The number of hydrogen-bond donors (Lipinski definition) is 0. The second-order valence-electron chi connectivity index (χ2n) is 3.55. The first-order valence-corrected chi connectivity index (χ1v) is 5.16. The molecule has 0 fully saturated rings. The van der Waals surface area contributed by atoms with E-state index < -0.39 is 21.3 Å². The Morgan fingerprint density at radius 2 is 1.83 bits per heavy atom. The van der Waals surface area contributed by atoms with Crippen molar-refractivity contribution in [2.24, 2.45) is 0 Å². The normalized spacial score (nSPS) is 13.0. The monoisotopic (exact) mass is 190 g/mol. The summed E-state index contributed by atoms with van der Waals surface area (Å²) in [7, 11) is -1.92. The summed E-state index contributed by atoms with van der Waals surface area (Å²) < 4.78 is 23.8. The van der Waals surface area contributed by atoms with Crippen molar-refractivity contribution < 1.29 is 8.42 Å². The maximum atomic E-state index is 11.3. The van der Waals surface area contributed by atoms with Crippen LogP contribution in [0, 0.1) is 11.3 Å². The van der Waals surface area contributed by atoms with Crippen LogP contribution in [0.4, 0.5) is 0 Å². The molecule has 4 nitrogen and oxygen atoms in total. The van der Waals surface area contributed by atoms with Crippen molar-refractivity contribution in [2.45, 2.75) is 26.3 Å². The van der Waals surface area contributed by atoms with Gasteiger partial charge in [-0.3, -0.25) is 0 Å². The summed E-state index contributed by atoms with van der Waals surface area (Å²) in [6.07, 6.45) is 0. The Morgan fingerprint density at radius 3 is 2.08 bits per heavy atom. The molecule has 0 heterocycles. The highest BCUT2D eigenvalue weighted by Gasteiger charge is 2.28. The van der Waals surface area contributed by atoms with Gasteiger partial charge in [0.25, 0.3) is 0 Å². The van der Waals surface area contributed by atoms with Crippen LogP contribution in [0.1, 0.15) is 20.8 Å². The van der Waals surface area contributed by atoms with Crippen LogP contribution in [0.2, 0.25) is 0 Å². The topological polar surface area (TPSA) is 61.2 Å². The lowest BCUT2D eigenvalue weighted by Gasteiger charge is -2.29. The van der Waals surface area contributed by atoms with Gasteiger partial charge in [0.05, 0.1) is 6.07 Å². The van der Waals surface area contributed by atoms with Crippen molar-refractivity contribution in [1.29, 1.82) is 5.26 Å².